The largest absolute Gasteiger partial charge is 0.373 e. The zero-order valence-electron chi connectivity index (χ0n) is 9.62. The third-order valence-electron chi connectivity index (χ3n) is 2.17. The summed E-state index contributed by atoms with van der Waals surface area (Å²) < 4.78 is 1.71. The van der Waals surface area contributed by atoms with E-state index >= 15 is 0 Å². The monoisotopic (exact) mass is 219 g/mol. The molecule has 0 spiro atoms. The number of pyridine rings is 1. The number of nitrogens with two attached hydrogens (primary N) is 1. The van der Waals surface area contributed by atoms with Crippen LogP contribution < -0.4 is 10.4 Å². The number of hydrogen-bond acceptors (Lipinski definition) is 4. The van der Waals surface area contributed by atoms with Crippen LogP contribution in [0.3, 0.4) is 0 Å². The van der Waals surface area contributed by atoms with E-state index in [1.165, 1.54) is 4.80 Å². The molecule has 0 radical (unpaired) electrons. The fourth-order valence-electron chi connectivity index (χ4n) is 1.47. The molecule has 16 heavy (non-hydrogen) atoms. The number of aryl methyl sites for hydroxylation is 1. The van der Waals surface area contributed by atoms with Crippen LogP contribution in [0.15, 0.2) is 18.2 Å². The normalized spacial score (nSPS) is 11.0. The summed E-state index contributed by atoms with van der Waals surface area (Å²) in [5, 5.41) is 8.55. The van der Waals surface area contributed by atoms with Crippen LogP contribution in [0.4, 0.5) is 5.82 Å². The van der Waals surface area contributed by atoms with Crippen molar-refractivity contribution < 1.29 is 4.68 Å². The second-order valence-electron chi connectivity index (χ2n) is 3.92. The van der Waals surface area contributed by atoms with Crippen LogP contribution in [-0.2, 0) is 7.05 Å². The Balaban J connectivity index is 2.55. The second kappa shape index (κ2) is 3.88. The SMILES string of the molecule is CC(C)c1nn(C)n[n+]1-c1cccc(N)n1. The van der Waals surface area contributed by atoms with E-state index in [9.17, 15) is 0 Å². The Kier molecular flexibility index (Phi) is 2.55. The molecule has 2 heterocycles. The minimum absolute atomic E-state index is 0.275. The molecule has 6 heteroatoms. The average Bonchev–Trinajstić information content (AvgIpc) is 2.60. The van der Waals surface area contributed by atoms with Crippen LogP contribution in [0.25, 0.3) is 5.82 Å². The number of nitrogens with zero attached hydrogens (tertiary/aromatic N) is 5. The van der Waals surface area contributed by atoms with Crippen LogP contribution in [0.2, 0.25) is 0 Å². The van der Waals surface area contributed by atoms with E-state index < -0.39 is 0 Å². The standard InChI is InChI=1S/C10H15N6/c1-7(2)10-13-15(3)14-16(10)9-6-4-5-8(11)12-9/h4-7H,1-3H3,(H2,11,12)/q+1. The van der Waals surface area contributed by atoms with Crippen molar-refractivity contribution in [2.24, 2.45) is 7.05 Å². The van der Waals surface area contributed by atoms with Crippen molar-refractivity contribution in [3.63, 3.8) is 0 Å². The first-order valence-electron chi connectivity index (χ1n) is 5.14. The Morgan fingerprint density at radius 1 is 1.38 bits per heavy atom. The Morgan fingerprint density at radius 3 is 2.75 bits per heavy atom. The van der Waals surface area contributed by atoms with Crippen molar-refractivity contribution in [1.82, 2.24) is 20.1 Å². The summed E-state index contributed by atoms with van der Waals surface area (Å²) in [6, 6.07) is 5.45. The number of aromatic nitrogens is 5. The van der Waals surface area contributed by atoms with Gasteiger partial charge in [-0.1, -0.05) is 29.4 Å². The van der Waals surface area contributed by atoms with Gasteiger partial charge in [-0.2, -0.15) is 0 Å². The van der Waals surface area contributed by atoms with Gasteiger partial charge in [-0.25, -0.2) is 0 Å². The summed E-state index contributed by atoms with van der Waals surface area (Å²) in [6.45, 7) is 4.12. The molecule has 0 atom stereocenters. The number of tetrazole rings is 1. The van der Waals surface area contributed by atoms with Crippen LogP contribution in [0.5, 0.6) is 0 Å². The number of anilines is 1. The molecular formula is C10H15N6+. The van der Waals surface area contributed by atoms with Crippen LogP contribution in [-0.4, -0.2) is 20.1 Å². The first-order chi connectivity index (χ1) is 7.58. The van der Waals surface area contributed by atoms with E-state index in [0.717, 1.165) is 5.82 Å². The molecule has 0 aliphatic rings. The van der Waals surface area contributed by atoms with E-state index in [1.807, 2.05) is 12.1 Å². The van der Waals surface area contributed by atoms with Gasteiger partial charge in [-0.3, -0.25) is 0 Å². The van der Waals surface area contributed by atoms with Crippen molar-refractivity contribution in [3.05, 3.63) is 24.0 Å². The predicted octanol–water partition coefficient (Wildman–Crippen LogP) is 0.192. The highest BCUT2D eigenvalue weighted by Gasteiger charge is 2.21. The lowest BCUT2D eigenvalue weighted by Crippen LogP contribution is -2.39. The van der Waals surface area contributed by atoms with E-state index in [1.54, 1.807) is 17.8 Å². The van der Waals surface area contributed by atoms with Gasteiger partial charge in [-0.15, -0.1) is 4.98 Å². The molecule has 2 aromatic rings. The van der Waals surface area contributed by atoms with Gasteiger partial charge in [0.25, 0.3) is 11.6 Å². The third kappa shape index (κ3) is 1.86. The van der Waals surface area contributed by atoms with Crippen LogP contribution in [0.1, 0.15) is 25.6 Å². The minimum atomic E-state index is 0.275. The van der Waals surface area contributed by atoms with Gasteiger partial charge >= 0.3 is 0 Å². The van der Waals surface area contributed by atoms with E-state index in [2.05, 4.69) is 29.1 Å². The molecule has 0 aromatic carbocycles. The highest BCUT2D eigenvalue weighted by Crippen LogP contribution is 2.07. The average molecular weight is 219 g/mol. The fourth-order valence-corrected chi connectivity index (χ4v) is 1.47. The maximum Gasteiger partial charge on any atom is 0.271 e. The van der Waals surface area contributed by atoms with Crippen molar-refractivity contribution >= 4 is 5.82 Å². The first-order valence-corrected chi connectivity index (χ1v) is 5.14. The lowest BCUT2D eigenvalue weighted by atomic mass is 10.2. The summed E-state index contributed by atoms with van der Waals surface area (Å²) in [6.07, 6.45) is 0. The van der Waals surface area contributed by atoms with Gasteiger partial charge in [0.15, 0.2) is 5.82 Å². The topological polar surface area (TPSA) is 73.5 Å². The van der Waals surface area contributed by atoms with Gasteiger partial charge in [0.2, 0.25) is 0 Å². The number of nitrogen functional groups attached to an aromatic ring is 1. The van der Waals surface area contributed by atoms with Crippen molar-refractivity contribution in [1.29, 1.82) is 0 Å². The van der Waals surface area contributed by atoms with E-state index in [0.29, 0.717) is 11.6 Å². The molecular weight excluding hydrogens is 204 g/mol. The van der Waals surface area contributed by atoms with Crippen molar-refractivity contribution in [2.45, 2.75) is 19.8 Å². The fraction of sp³-hybridized carbons (Fsp3) is 0.400. The summed E-state index contributed by atoms with van der Waals surface area (Å²) in [4.78, 5) is 5.75. The first kappa shape index (κ1) is 10.5. The number of rotatable bonds is 2. The molecule has 0 amide bonds. The van der Waals surface area contributed by atoms with Crippen molar-refractivity contribution in [2.75, 3.05) is 5.73 Å². The summed E-state index contributed by atoms with van der Waals surface area (Å²) in [5.41, 5.74) is 5.65. The smallest absolute Gasteiger partial charge is 0.271 e. The summed E-state index contributed by atoms with van der Waals surface area (Å²) >= 11 is 0. The Bertz CT molecular complexity index is 502. The van der Waals surface area contributed by atoms with Gasteiger partial charge in [-0.05, 0) is 6.07 Å². The Morgan fingerprint density at radius 2 is 2.12 bits per heavy atom. The molecule has 0 bridgehead atoms. The van der Waals surface area contributed by atoms with E-state index in [-0.39, 0.29) is 5.92 Å². The molecule has 2 rings (SSSR count). The van der Waals surface area contributed by atoms with Gasteiger partial charge < -0.3 is 5.73 Å². The molecule has 2 aromatic heterocycles. The second-order valence-corrected chi connectivity index (χ2v) is 3.92. The van der Waals surface area contributed by atoms with Crippen LogP contribution >= 0.6 is 0 Å². The molecule has 0 aliphatic carbocycles. The highest BCUT2D eigenvalue weighted by atomic mass is 15.6. The zero-order chi connectivity index (χ0) is 11.7. The maximum atomic E-state index is 5.65. The lowest BCUT2D eigenvalue weighted by Gasteiger charge is -1.98. The maximum absolute atomic E-state index is 5.65. The Labute approximate surface area is 93.7 Å². The van der Waals surface area contributed by atoms with Crippen LogP contribution in [0, 0.1) is 0 Å². The van der Waals surface area contributed by atoms with Gasteiger partial charge in [0, 0.05) is 22.3 Å². The minimum Gasteiger partial charge on any atom is -0.373 e. The number of hydrogen-bond donors (Lipinski definition) is 1. The molecule has 0 fully saturated rings. The summed E-state index contributed by atoms with van der Waals surface area (Å²) in [5.74, 6) is 2.31. The molecule has 0 aliphatic heterocycles. The van der Waals surface area contributed by atoms with E-state index in [4.69, 9.17) is 5.73 Å². The molecule has 0 unspecified atom stereocenters. The third-order valence-corrected chi connectivity index (χ3v) is 2.17. The van der Waals surface area contributed by atoms with Gasteiger partial charge in [0.1, 0.15) is 7.05 Å². The molecule has 0 saturated carbocycles. The van der Waals surface area contributed by atoms with Crippen molar-refractivity contribution in [3.8, 4) is 5.82 Å². The molecule has 6 nitrogen and oxygen atoms in total. The predicted molar refractivity (Wildman–Crippen MR) is 58.8 cm³/mol. The molecule has 2 N–H and O–H groups in total. The van der Waals surface area contributed by atoms with Gasteiger partial charge in [0.05, 0.1) is 0 Å². The Hall–Kier alpha value is -1.98. The molecule has 0 saturated heterocycles. The lowest BCUT2D eigenvalue weighted by molar-refractivity contribution is -0.674. The molecule has 84 valence electrons. The highest BCUT2D eigenvalue weighted by molar-refractivity contribution is 5.31. The quantitative estimate of drug-likeness (QED) is 0.732. The summed E-state index contributed by atoms with van der Waals surface area (Å²) in [7, 11) is 1.79. The zero-order valence-corrected chi connectivity index (χ0v) is 9.62.